The summed E-state index contributed by atoms with van der Waals surface area (Å²) in [5.74, 6) is -0.472. The molecule has 0 unspecified atom stereocenters. The van der Waals surface area contributed by atoms with Gasteiger partial charge in [-0.2, -0.15) is 0 Å². The molecule has 4 rings (SSSR count). The lowest BCUT2D eigenvalue weighted by atomic mass is 10.00. The second kappa shape index (κ2) is 7.27. The van der Waals surface area contributed by atoms with Crippen LogP contribution in [0.1, 0.15) is 27.9 Å². The molecule has 0 saturated carbocycles. The Morgan fingerprint density at radius 1 is 1.24 bits per heavy atom. The summed E-state index contributed by atoms with van der Waals surface area (Å²) in [6.45, 7) is 3.78. The van der Waals surface area contributed by atoms with Crippen LogP contribution in [0.2, 0.25) is 5.02 Å². The van der Waals surface area contributed by atoms with Crippen LogP contribution in [-0.4, -0.2) is 17.2 Å². The van der Waals surface area contributed by atoms with E-state index in [2.05, 4.69) is 19.8 Å². The number of thiazole rings is 1. The maximum atomic E-state index is 13.3. The largest absolute Gasteiger partial charge is 0.586 e. The number of amides is 1. The molecule has 0 bridgehead atoms. The van der Waals surface area contributed by atoms with Crippen molar-refractivity contribution < 1.29 is 23.0 Å². The first-order valence-corrected chi connectivity index (χ1v) is 9.97. The molecule has 0 spiro atoms. The van der Waals surface area contributed by atoms with Gasteiger partial charge < -0.3 is 14.8 Å². The van der Waals surface area contributed by atoms with Crippen LogP contribution < -0.4 is 14.8 Å². The standard InChI is InChI=1S/C20H15ClF2N2O3S/c1-3-11-6-12(4-5-15(11)25-19(26)18-10(2)29-9-24-18)13-7-16-17(8-14(13)21)28-20(22,23)27-16/h4-9H,3H2,1-2H3,(H,25,26). The Morgan fingerprint density at radius 2 is 1.97 bits per heavy atom. The second-order valence-corrected chi connectivity index (χ2v) is 7.85. The molecule has 150 valence electrons. The highest BCUT2D eigenvalue weighted by molar-refractivity contribution is 7.09. The number of alkyl halides is 2. The van der Waals surface area contributed by atoms with Crippen LogP contribution in [0.25, 0.3) is 11.1 Å². The van der Waals surface area contributed by atoms with E-state index in [9.17, 15) is 13.6 Å². The van der Waals surface area contributed by atoms with Gasteiger partial charge in [0.15, 0.2) is 11.5 Å². The molecule has 29 heavy (non-hydrogen) atoms. The molecule has 0 fully saturated rings. The molecule has 9 heteroatoms. The molecule has 5 nitrogen and oxygen atoms in total. The molecule has 1 aliphatic heterocycles. The second-order valence-electron chi connectivity index (χ2n) is 6.38. The van der Waals surface area contributed by atoms with Crippen LogP contribution in [0.15, 0.2) is 35.8 Å². The van der Waals surface area contributed by atoms with E-state index >= 15 is 0 Å². The third-order valence-corrected chi connectivity index (χ3v) is 5.57. The Labute approximate surface area is 174 Å². The lowest BCUT2D eigenvalue weighted by molar-refractivity contribution is -0.286. The SMILES string of the molecule is CCc1cc(-c2cc3c(cc2Cl)OC(F)(F)O3)ccc1NC(=O)c1ncsc1C. The number of hydrogen-bond donors (Lipinski definition) is 1. The molecule has 1 aliphatic rings. The van der Waals surface area contributed by atoms with Crippen molar-refractivity contribution in [2.45, 2.75) is 26.6 Å². The van der Waals surface area contributed by atoms with Crippen LogP contribution in [0, 0.1) is 6.92 Å². The number of hydrogen-bond acceptors (Lipinski definition) is 5. The Morgan fingerprint density at radius 3 is 2.62 bits per heavy atom. The van der Waals surface area contributed by atoms with Crippen LogP contribution in [-0.2, 0) is 6.42 Å². The zero-order valence-corrected chi connectivity index (χ0v) is 17.0. The third-order valence-electron chi connectivity index (χ3n) is 4.50. The number of rotatable bonds is 4. The first kappa shape index (κ1) is 19.6. The number of benzene rings is 2. The zero-order valence-electron chi connectivity index (χ0n) is 15.4. The van der Waals surface area contributed by atoms with Gasteiger partial charge in [-0.15, -0.1) is 20.1 Å². The van der Waals surface area contributed by atoms with E-state index in [4.69, 9.17) is 11.6 Å². The predicted octanol–water partition coefficient (Wildman–Crippen LogP) is 5.91. The van der Waals surface area contributed by atoms with E-state index in [0.717, 1.165) is 10.4 Å². The Balaban J connectivity index is 1.66. The van der Waals surface area contributed by atoms with Gasteiger partial charge in [0.05, 0.1) is 10.5 Å². The van der Waals surface area contributed by atoms with Crippen molar-refractivity contribution in [1.29, 1.82) is 0 Å². The highest BCUT2D eigenvalue weighted by Crippen LogP contribution is 2.46. The molecule has 0 saturated heterocycles. The number of aromatic nitrogens is 1. The zero-order chi connectivity index (χ0) is 20.8. The van der Waals surface area contributed by atoms with E-state index in [1.165, 1.54) is 23.5 Å². The summed E-state index contributed by atoms with van der Waals surface area (Å²) < 4.78 is 35.6. The van der Waals surface area contributed by atoms with Gasteiger partial charge >= 0.3 is 6.29 Å². The smallest absolute Gasteiger partial charge is 0.395 e. The van der Waals surface area contributed by atoms with Crippen LogP contribution in [0.3, 0.4) is 0 Å². The van der Waals surface area contributed by atoms with Gasteiger partial charge in [0.2, 0.25) is 0 Å². The van der Waals surface area contributed by atoms with Crippen LogP contribution in [0.4, 0.5) is 14.5 Å². The number of aryl methyl sites for hydroxylation is 2. The summed E-state index contributed by atoms with van der Waals surface area (Å²) in [4.78, 5) is 17.4. The van der Waals surface area contributed by atoms with Gasteiger partial charge in [-0.1, -0.05) is 24.6 Å². The first-order valence-electron chi connectivity index (χ1n) is 8.71. The summed E-state index contributed by atoms with van der Waals surface area (Å²) in [7, 11) is 0. The fraction of sp³-hybridized carbons (Fsp3) is 0.200. The Hall–Kier alpha value is -2.71. The molecule has 2 aromatic carbocycles. The molecule has 1 amide bonds. The summed E-state index contributed by atoms with van der Waals surface area (Å²) in [5, 5.41) is 3.13. The van der Waals surface area contributed by atoms with E-state index in [1.54, 1.807) is 17.6 Å². The minimum absolute atomic E-state index is 0.0798. The molecule has 2 heterocycles. The minimum Gasteiger partial charge on any atom is -0.395 e. The predicted molar refractivity (Wildman–Crippen MR) is 107 cm³/mol. The first-order chi connectivity index (χ1) is 13.8. The van der Waals surface area contributed by atoms with Crippen LogP contribution >= 0.6 is 22.9 Å². The quantitative estimate of drug-likeness (QED) is 0.552. The monoisotopic (exact) mass is 436 g/mol. The highest BCUT2D eigenvalue weighted by Gasteiger charge is 2.43. The topological polar surface area (TPSA) is 60.5 Å². The molecule has 1 aromatic heterocycles. The number of nitrogens with one attached hydrogen (secondary N) is 1. The average molecular weight is 437 g/mol. The number of halogens is 3. The van der Waals surface area contributed by atoms with Crippen molar-refractivity contribution in [2.24, 2.45) is 0 Å². The number of fused-ring (bicyclic) bond motifs is 1. The fourth-order valence-corrected chi connectivity index (χ4v) is 3.91. The summed E-state index contributed by atoms with van der Waals surface area (Å²) in [6.07, 6.45) is -3.07. The number of anilines is 1. The molecule has 1 N–H and O–H groups in total. The maximum absolute atomic E-state index is 13.3. The van der Waals surface area contributed by atoms with Crippen molar-refractivity contribution in [3.05, 3.63) is 57.0 Å². The number of ether oxygens (including phenoxy) is 2. The maximum Gasteiger partial charge on any atom is 0.586 e. The number of carbonyl (C=O) groups is 1. The normalized spacial score (nSPS) is 14.1. The van der Waals surface area contributed by atoms with Crippen LogP contribution in [0.5, 0.6) is 11.5 Å². The number of nitrogens with zero attached hydrogens (tertiary/aromatic N) is 1. The van der Waals surface area contributed by atoms with Gasteiger partial charge in [0.1, 0.15) is 5.69 Å². The molecular formula is C20H15ClF2N2O3S. The van der Waals surface area contributed by atoms with E-state index < -0.39 is 6.29 Å². The summed E-state index contributed by atoms with van der Waals surface area (Å²) in [6, 6.07) is 8.09. The minimum atomic E-state index is -3.71. The Kier molecular flexibility index (Phi) is 4.92. The van der Waals surface area contributed by atoms with E-state index in [-0.39, 0.29) is 22.4 Å². The molecule has 3 aromatic rings. The molecule has 0 radical (unpaired) electrons. The van der Waals surface area contributed by atoms with E-state index in [1.807, 2.05) is 19.9 Å². The van der Waals surface area contributed by atoms with Gasteiger partial charge in [-0.25, -0.2) is 4.98 Å². The van der Waals surface area contributed by atoms with Crippen molar-refractivity contribution in [3.63, 3.8) is 0 Å². The lowest BCUT2D eigenvalue weighted by Gasteiger charge is -2.13. The molecular weight excluding hydrogens is 422 g/mol. The van der Waals surface area contributed by atoms with Gasteiger partial charge in [-0.3, -0.25) is 4.79 Å². The lowest BCUT2D eigenvalue weighted by Crippen LogP contribution is -2.25. The van der Waals surface area contributed by atoms with Crippen molar-refractivity contribution in [2.75, 3.05) is 5.32 Å². The van der Waals surface area contributed by atoms with E-state index in [0.29, 0.717) is 28.9 Å². The van der Waals surface area contributed by atoms with Gasteiger partial charge in [-0.05, 0) is 42.7 Å². The third kappa shape index (κ3) is 3.77. The average Bonchev–Trinajstić information content (AvgIpc) is 3.22. The van der Waals surface area contributed by atoms with Crippen molar-refractivity contribution in [3.8, 4) is 22.6 Å². The highest BCUT2D eigenvalue weighted by atomic mass is 35.5. The van der Waals surface area contributed by atoms with Gasteiger partial charge in [0, 0.05) is 22.2 Å². The fourth-order valence-electron chi connectivity index (χ4n) is 3.07. The Bertz CT molecular complexity index is 1120. The number of carbonyl (C=O) groups excluding carboxylic acids is 1. The van der Waals surface area contributed by atoms with Crippen molar-refractivity contribution in [1.82, 2.24) is 4.98 Å². The molecule has 0 atom stereocenters. The van der Waals surface area contributed by atoms with Crippen molar-refractivity contribution >= 4 is 34.5 Å². The summed E-state index contributed by atoms with van der Waals surface area (Å²) in [5.41, 5.74) is 4.76. The summed E-state index contributed by atoms with van der Waals surface area (Å²) >= 11 is 7.68. The van der Waals surface area contributed by atoms with Gasteiger partial charge in [0.25, 0.3) is 5.91 Å². The molecule has 0 aliphatic carbocycles.